The van der Waals surface area contributed by atoms with E-state index >= 15 is 0 Å². The van der Waals surface area contributed by atoms with Gasteiger partial charge in [0.25, 0.3) is 0 Å². The van der Waals surface area contributed by atoms with Crippen LogP contribution in [0.4, 0.5) is 0 Å². The molecule has 0 amide bonds. The number of benzene rings is 1. The van der Waals surface area contributed by atoms with Crippen molar-refractivity contribution in [1.29, 1.82) is 0 Å². The highest BCUT2D eigenvalue weighted by Gasteiger charge is 2.07. The molecular weight excluding hydrogens is 304 g/mol. The monoisotopic (exact) mass is 346 g/mol. The third-order valence-corrected chi connectivity index (χ3v) is 5.39. The third kappa shape index (κ3) is 13.1. The highest BCUT2D eigenvalue weighted by Crippen LogP contribution is 2.23. The zero-order chi connectivity index (χ0) is 18.0. The zero-order valence-electron chi connectivity index (χ0n) is 16.7. The van der Waals surface area contributed by atoms with Gasteiger partial charge in [-0.15, -0.1) is 0 Å². The average molecular weight is 347 g/mol. The van der Waals surface area contributed by atoms with E-state index in [-0.39, 0.29) is 0 Å². The summed E-state index contributed by atoms with van der Waals surface area (Å²) in [5.41, 5.74) is 1.49. The van der Waals surface area contributed by atoms with E-state index in [2.05, 4.69) is 37.3 Å². The number of rotatable bonds is 17. The van der Waals surface area contributed by atoms with E-state index in [9.17, 15) is 0 Å². The van der Waals surface area contributed by atoms with Crippen LogP contribution in [0.5, 0.6) is 0 Å². The van der Waals surface area contributed by atoms with E-state index in [0.717, 1.165) is 12.3 Å². The van der Waals surface area contributed by atoms with Crippen LogP contribution < -0.4 is 0 Å². The standard InChI is InChI=1S/C24H42O/c1-2-16-23(17-10-5-3-4-8-15-22-25)18-11-6-7-12-19-24-20-13-9-14-21-24/h9,13-14,20-21,23,25H,2-8,10-12,15-19,22H2,1H3. The maximum absolute atomic E-state index is 8.80. The molecule has 0 aromatic heterocycles. The molecule has 1 N–H and O–H groups in total. The minimum atomic E-state index is 0.365. The Bertz CT molecular complexity index is 373. The molecule has 1 aromatic rings. The smallest absolute Gasteiger partial charge is 0.0431 e. The molecule has 0 spiro atoms. The van der Waals surface area contributed by atoms with Crippen LogP contribution >= 0.6 is 0 Å². The summed E-state index contributed by atoms with van der Waals surface area (Å²) in [4.78, 5) is 0. The predicted molar refractivity (Wildman–Crippen MR) is 111 cm³/mol. The summed E-state index contributed by atoms with van der Waals surface area (Å²) in [5, 5.41) is 8.80. The number of hydrogen-bond donors (Lipinski definition) is 1. The Morgan fingerprint density at radius 3 is 1.84 bits per heavy atom. The molecular formula is C24H42O. The van der Waals surface area contributed by atoms with Crippen molar-refractivity contribution in [3.63, 3.8) is 0 Å². The van der Waals surface area contributed by atoms with Gasteiger partial charge in [0.2, 0.25) is 0 Å². The molecule has 0 heterocycles. The van der Waals surface area contributed by atoms with Crippen molar-refractivity contribution in [2.45, 2.75) is 103 Å². The molecule has 0 aliphatic rings. The summed E-state index contributed by atoms with van der Waals surface area (Å²) in [6, 6.07) is 10.9. The van der Waals surface area contributed by atoms with Gasteiger partial charge in [0.1, 0.15) is 0 Å². The summed E-state index contributed by atoms with van der Waals surface area (Å²) in [6.07, 6.45) is 20.1. The zero-order valence-corrected chi connectivity index (χ0v) is 16.7. The van der Waals surface area contributed by atoms with E-state index in [4.69, 9.17) is 5.11 Å². The van der Waals surface area contributed by atoms with Crippen LogP contribution in [0.15, 0.2) is 30.3 Å². The quantitative estimate of drug-likeness (QED) is 0.293. The molecule has 0 radical (unpaired) electrons. The summed E-state index contributed by atoms with van der Waals surface area (Å²) >= 11 is 0. The van der Waals surface area contributed by atoms with Gasteiger partial charge in [0.15, 0.2) is 0 Å². The van der Waals surface area contributed by atoms with Crippen LogP contribution in [-0.4, -0.2) is 11.7 Å². The number of unbranched alkanes of at least 4 members (excludes halogenated alkanes) is 8. The molecule has 1 nitrogen and oxygen atoms in total. The first kappa shape index (κ1) is 22.2. The maximum atomic E-state index is 8.80. The average Bonchev–Trinajstić information content (AvgIpc) is 2.64. The lowest BCUT2D eigenvalue weighted by molar-refractivity contribution is 0.282. The molecule has 0 saturated carbocycles. The van der Waals surface area contributed by atoms with Gasteiger partial charge < -0.3 is 5.11 Å². The van der Waals surface area contributed by atoms with Crippen LogP contribution in [0.1, 0.15) is 102 Å². The minimum Gasteiger partial charge on any atom is -0.396 e. The largest absolute Gasteiger partial charge is 0.396 e. The second-order valence-corrected chi connectivity index (χ2v) is 7.73. The molecule has 1 aromatic carbocycles. The van der Waals surface area contributed by atoms with E-state index in [1.807, 2.05) is 0 Å². The molecule has 1 heteroatoms. The molecule has 25 heavy (non-hydrogen) atoms. The van der Waals surface area contributed by atoms with Gasteiger partial charge >= 0.3 is 0 Å². The highest BCUT2D eigenvalue weighted by atomic mass is 16.2. The first-order valence-electron chi connectivity index (χ1n) is 11.0. The Morgan fingerprint density at radius 2 is 1.24 bits per heavy atom. The van der Waals surface area contributed by atoms with Crippen molar-refractivity contribution in [1.82, 2.24) is 0 Å². The van der Waals surface area contributed by atoms with E-state index in [1.165, 1.54) is 95.5 Å². The van der Waals surface area contributed by atoms with Gasteiger partial charge in [0, 0.05) is 6.61 Å². The normalized spacial score (nSPS) is 12.4. The Kier molecular flexibility index (Phi) is 14.8. The minimum absolute atomic E-state index is 0.365. The van der Waals surface area contributed by atoms with Crippen LogP contribution in [0.3, 0.4) is 0 Å². The van der Waals surface area contributed by atoms with Crippen molar-refractivity contribution in [2.24, 2.45) is 5.92 Å². The maximum Gasteiger partial charge on any atom is 0.0431 e. The Labute approximate surface area is 157 Å². The molecule has 0 saturated heterocycles. The highest BCUT2D eigenvalue weighted by molar-refractivity contribution is 5.14. The first-order chi connectivity index (χ1) is 12.4. The van der Waals surface area contributed by atoms with Gasteiger partial charge in [-0.1, -0.05) is 114 Å². The summed E-state index contributed by atoms with van der Waals surface area (Å²) in [6.45, 7) is 2.70. The predicted octanol–water partition coefficient (Wildman–Crippen LogP) is 7.32. The van der Waals surface area contributed by atoms with Crippen molar-refractivity contribution in [3.8, 4) is 0 Å². The van der Waals surface area contributed by atoms with Crippen LogP contribution in [-0.2, 0) is 6.42 Å². The molecule has 0 fully saturated rings. The van der Waals surface area contributed by atoms with Gasteiger partial charge in [-0.2, -0.15) is 0 Å². The molecule has 1 atom stereocenters. The molecule has 1 rings (SSSR count). The molecule has 0 bridgehead atoms. The van der Waals surface area contributed by atoms with Crippen molar-refractivity contribution < 1.29 is 5.11 Å². The number of hydrogen-bond acceptors (Lipinski definition) is 1. The summed E-state index contributed by atoms with van der Waals surface area (Å²) in [5.74, 6) is 0.969. The van der Waals surface area contributed by atoms with Crippen molar-refractivity contribution >= 4 is 0 Å². The molecule has 144 valence electrons. The van der Waals surface area contributed by atoms with Crippen LogP contribution in [0.25, 0.3) is 0 Å². The molecule has 1 unspecified atom stereocenters. The molecule has 0 aliphatic heterocycles. The fourth-order valence-corrected chi connectivity index (χ4v) is 3.85. The lowest BCUT2D eigenvalue weighted by Gasteiger charge is -2.16. The third-order valence-electron chi connectivity index (χ3n) is 5.39. The topological polar surface area (TPSA) is 20.2 Å². The Morgan fingerprint density at radius 1 is 0.680 bits per heavy atom. The lowest BCUT2D eigenvalue weighted by atomic mass is 9.90. The van der Waals surface area contributed by atoms with Crippen LogP contribution in [0.2, 0.25) is 0 Å². The van der Waals surface area contributed by atoms with Gasteiger partial charge in [-0.25, -0.2) is 0 Å². The Hall–Kier alpha value is -0.820. The molecule has 0 aliphatic carbocycles. The van der Waals surface area contributed by atoms with Gasteiger partial charge in [0.05, 0.1) is 0 Å². The van der Waals surface area contributed by atoms with Gasteiger partial charge in [-0.3, -0.25) is 0 Å². The fourth-order valence-electron chi connectivity index (χ4n) is 3.85. The van der Waals surface area contributed by atoms with E-state index < -0.39 is 0 Å². The number of aliphatic hydroxyl groups excluding tert-OH is 1. The second-order valence-electron chi connectivity index (χ2n) is 7.73. The Balaban J connectivity index is 1.98. The lowest BCUT2D eigenvalue weighted by Crippen LogP contribution is -2.01. The van der Waals surface area contributed by atoms with Crippen molar-refractivity contribution in [3.05, 3.63) is 35.9 Å². The van der Waals surface area contributed by atoms with Crippen LogP contribution in [0, 0.1) is 5.92 Å². The first-order valence-corrected chi connectivity index (χ1v) is 11.0. The number of aryl methyl sites for hydroxylation is 1. The van der Waals surface area contributed by atoms with E-state index in [1.54, 1.807) is 0 Å². The SMILES string of the molecule is CCCC(CCCCCCCCO)CCCCCCc1ccccc1. The summed E-state index contributed by atoms with van der Waals surface area (Å²) in [7, 11) is 0. The van der Waals surface area contributed by atoms with Crippen molar-refractivity contribution in [2.75, 3.05) is 6.61 Å². The van der Waals surface area contributed by atoms with Gasteiger partial charge in [-0.05, 0) is 30.7 Å². The number of aliphatic hydroxyl groups is 1. The second kappa shape index (κ2) is 16.6. The summed E-state index contributed by atoms with van der Waals surface area (Å²) < 4.78 is 0. The fraction of sp³-hybridized carbons (Fsp3) is 0.750. The van der Waals surface area contributed by atoms with E-state index in [0.29, 0.717) is 6.61 Å².